The standard InChI is InChI=1S/C18H18O2/c1-10-11(2)13(4)16-15(12(10)3)17(20-18(16)19)14-8-6-5-7-9-14/h5-9,17H,1-4H3. The highest BCUT2D eigenvalue weighted by Crippen LogP contribution is 2.41. The normalized spacial score (nSPS) is 17.0. The molecular formula is C18H18O2. The summed E-state index contributed by atoms with van der Waals surface area (Å²) < 4.78 is 5.65. The SMILES string of the molecule is Cc1c(C)c(C)c2c(c1C)C(=O)OC2c1ccccc1. The molecule has 0 radical (unpaired) electrons. The van der Waals surface area contributed by atoms with Gasteiger partial charge in [0.15, 0.2) is 6.10 Å². The molecule has 0 bridgehead atoms. The predicted octanol–water partition coefficient (Wildman–Crippen LogP) is 4.18. The van der Waals surface area contributed by atoms with Gasteiger partial charge in [0, 0.05) is 5.56 Å². The van der Waals surface area contributed by atoms with Crippen molar-refractivity contribution in [3.8, 4) is 0 Å². The second kappa shape index (κ2) is 4.48. The summed E-state index contributed by atoms with van der Waals surface area (Å²) >= 11 is 0. The predicted molar refractivity (Wildman–Crippen MR) is 79.1 cm³/mol. The minimum Gasteiger partial charge on any atom is -0.449 e. The Hall–Kier alpha value is -2.09. The van der Waals surface area contributed by atoms with Gasteiger partial charge in [-0.05, 0) is 55.5 Å². The molecule has 1 aliphatic heterocycles. The van der Waals surface area contributed by atoms with Gasteiger partial charge in [0.25, 0.3) is 0 Å². The van der Waals surface area contributed by atoms with E-state index < -0.39 is 0 Å². The van der Waals surface area contributed by atoms with Gasteiger partial charge in [-0.1, -0.05) is 30.3 Å². The average Bonchev–Trinajstić information content (AvgIpc) is 2.81. The molecule has 2 heteroatoms. The highest BCUT2D eigenvalue weighted by Gasteiger charge is 2.36. The molecule has 0 fully saturated rings. The van der Waals surface area contributed by atoms with E-state index >= 15 is 0 Å². The third-order valence-electron chi connectivity index (χ3n) is 4.53. The van der Waals surface area contributed by atoms with Gasteiger partial charge in [0.2, 0.25) is 0 Å². The maximum Gasteiger partial charge on any atom is 0.339 e. The molecule has 0 N–H and O–H groups in total. The Balaban J connectivity index is 2.28. The van der Waals surface area contributed by atoms with E-state index in [1.165, 1.54) is 16.7 Å². The van der Waals surface area contributed by atoms with Crippen LogP contribution in [0.1, 0.15) is 49.8 Å². The Kier molecular flexibility index (Phi) is 2.89. The lowest BCUT2D eigenvalue weighted by Gasteiger charge is -2.17. The van der Waals surface area contributed by atoms with Gasteiger partial charge in [-0.2, -0.15) is 0 Å². The average molecular weight is 266 g/mol. The Morgan fingerprint density at radius 1 is 0.850 bits per heavy atom. The summed E-state index contributed by atoms with van der Waals surface area (Å²) in [6, 6.07) is 9.95. The minimum atomic E-state index is -0.267. The summed E-state index contributed by atoms with van der Waals surface area (Å²) in [6.07, 6.45) is -0.267. The molecule has 1 unspecified atom stereocenters. The van der Waals surface area contributed by atoms with Crippen molar-refractivity contribution in [1.82, 2.24) is 0 Å². The minimum absolute atomic E-state index is 0.197. The first-order chi connectivity index (χ1) is 9.52. The van der Waals surface area contributed by atoms with E-state index in [4.69, 9.17) is 4.74 Å². The van der Waals surface area contributed by atoms with Crippen LogP contribution in [0.2, 0.25) is 0 Å². The number of rotatable bonds is 1. The highest BCUT2D eigenvalue weighted by molar-refractivity contribution is 5.97. The van der Waals surface area contributed by atoms with Crippen LogP contribution in [0.15, 0.2) is 30.3 Å². The molecule has 1 aliphatic rings. The lowest BCUT2D eigenvalue weighted by Crippen LogP contribution is -2.04. The van der Waals surface area contributed by atoms with Crippen LogP contribution in [0.25, 0.3) is 0 Å². The zero-order valence-electron chi connectivity index (χ0n) is 12.3. The molecule has 2 aromatic rings. The molecule has 102 valence electrons. The smallest absolute Gasteiger partial charge is 0.339 e. The lowest BCUT2D eigenvalue weighted by molar-refractivity contribution is 0.0455. The fraction of sp³-hybridized carbons (Fsp3) is 0.278. The Bertz CT molecular complexity index is 699. The van der Waals surface area contributed by atoms with Crippen LogP contribution in [0.5, 0.6) is 0 Å². The summed E-state index contributed by atoms with van der Waals surface area (Å²) in [6.45, 7) is 8.28. The van der Waals surface area contributed by atoms with Crippen LogP contribution in [-0.4, -0.2) is 5.97 Å². The van der Waals surface area contributed by atoms with Crippen LogP contribution >= 0.6 is 0 Å². The summed E-state index contributed by atoms with van der Waals surface area (Å²) in [7, 11) is 0. The van der Waals surface area contributed by atoms with Crippen LogP contribution < -0.4 is 0 Å². The third-order valence-corrected chi connectivity index (χ3v) is 4.53. The first-order valence-corrected chi connectivity index (χ1v) is 6.88. The Morgan fingerprint density at radius 3 is 2.10 bits per heavy atom. The molecule has 1 atom stereocenters. The fourth-order valence-corrected chi connectivity index (χ4v) is 3.02. The molecular weight excluding hydrogens is 248 g/mol. The fourth-order valence-electron chi connectivity index (χ4n) is 3.02. The van der Waals surface area contributed by atoms with Crippen LogP contribution in [0, 0.1) is 27.7 Å². The number of benzene rings is 2. The molecule has 20 heavy (non-hydrogen) atoms. The molecule has 2 aromatic carbocycles. The van der Waals surface area contributed by atoms with E-state index in [1.54, 1.807) is 0 Å². The molecule has 1 heterocycles. The summed E-state index contributed by atoms with van der Waals surface area (Å²) in [4.78, 5) is 12.3. The number of carbonyl (C=O) groups excluding carboxylic acids is 1. The molecule has 0 aromatic heterocycles. The lowest BCUT2D eigenvalue weighted by atomic mass is 9.86. The summed E-state index contributed by atoms with van der Waals surface area (Å²) in [5.41, 5.74) is 7.49. The van der Waals surface area contributed by atoms with Crippen LogP contribution in [0.3, 0.4) is 0 Å². The van der Waals surface area contributed by atoms with Gasteiger partial charge in [0.1, 0.15) is 0 Å². The largest absolute Gasteiger partial charge is 0.449 e. The molecule has 0 saturated heterocycles. The number of ether oxygens (including phenoxy) is 1. The van der Waals surface area contributed by atoms with Gasteiger partial charge in [0.05, 0.1) is 5.56 Å². The van der Waals surface area contributed by atoms with Crippen molar-refractivity contribution in [3.63, 3.8) is 0 Å². The van der Waals surface area contributed by atoms with E-state index in [0.717, 1.165) is 22.3 Å². The topological polar surface area (TPSA) is 26.3 Å². The van der Waals surface area contributed by atoms with Crippen LogP contribution in [-0.2, 0) is 4.74 Å². The van der Waals surface area contributed by atoms with E-state index in [2.05, 4.69) is 20.8 Å². The Morgan fingerprint density at radius 2 is 1.45 bits per heavy atom. The monoisotopic (exact) mass is 266 g/mol. The number of hydrogen-bond donors (Lipinski definition) is 0. The van der Waals surface area contributed by atoms with E-state index in [1.807, 2.05) is 37.3 Å². The molecule has 2 nitrogen and oxygen atoms in total. The second-order valence-corrected chi connectivity index (χ2v) is 5.48. The van der Waals surface area contributed by atoms with Gasteiger partial charge in [-0.25, -0.2) is 4.79 Å². The van der Waals surface area contributed by atoms with Crippen molar-refractivity contribution in [2.24, 2.45) is 0 Å². The number of hydrogen-bond acceptors (Lipinski definition) is 2. The van der Waals surface area contributed by atoms with Crippen molar-refractivity contribution in [2.45, 2.75) is 33.8 Å². The molecule has 0 spiro atoms. The van der Waals surface area contributed by atoms with Crippen molar-refractivity contribution in [2.75, 3.05) is 0 Å². The van der Waals surface area contributed by atoms with Gasteiger partial charge >= 0.3 is 5.97 Å². The van der Waals surface area contributed by atoms with E-state index in [-0.39, 0.29) is 12.1 Å². The van der Waals surface area contributed by atoms with Gasteiger partial charge in [-0.3, -0.25) is 0 Å². The molecule has 0 aliphatic carbocycles. The van der Waals surface area contributed by atoms with Crippen LogP contribution in [0.4, 0.5) is 0 Å². The molecule has 0 amide bonds. The van der Waals surface area contributed by atoms with Crippen molar-refractivity contribution in [1.29, 1.82) is 0 Å². The van der Waals surface area contributed by atoms with Crippen molar-refractivity contribution in [3.05, 3.63) is 69.3 Å². The maximum absolute atomic E-state index is 12.3. The van der Waals surface area contributed by atoms with Gasteiger partial charge < -0.3 is 4.74 Å². The summed E-state index contributed by atoms with van der Waals surface area (Å²) in [5, 5.41) is 0. The van der Waals surface area contributed by atoms with Crippen molar-refractivity contribution < 1.29 is 9.53 Å². The first kappa shape index (κ1) is 12.9. The van der Waals surface area contributed by atoms with E-state index in [9.17, 15) is 4.79 Å². The van der Waals surface area contributed by atoms with Gasteiger partial charge in [-0.15, -0.1) is 0 Å². The zero-order valence-corrected chi connectivity index (χ0v) is 12.3. The quantitative estimate of drug-likeness (QED) is 0.724. The van der Waals surface area contributed by atoms with Crippen molar-refractivity contribution >= 4 is 5.97 Å². The third kappa shape index (κ3) is 1.68. The number of fused-ring (bicyclic) bond motifs is 1. The zero-order chi connectivity index (χ0) is 14.4. The molecule has 3 rings (SSSR count). The maximum atomic E-state index is 12.3. The first-order valence-electron chi connectivity index (χ1n) is 6.88. The number of esters is 1. The number of carbonyl (C=O) groups is 1. The second-order valence-electron chi connectivity index (χ2n) is 5.48. The summed E-state index contributed by atoms with van der Waals surface area (Å²) in [5.74, 6) is -0.197. The number of cyclic esters (lactones) is 1. The Labute approximate surface area is 119 Å². The highest BCUT2D eigenvalue weighted by atomic mass is 16.5. The molecule has 0 saturated carbocycles. The van der Waals surface area contributed by atoms with E-state index in [0.29, 0.717) is 0 Å².